The molecule has 0 aromatic carbocycles. The molecular weight excluding hydrogens is 496 g/mol. The average molecular weight is 574 g/mol. The second kappa shape index (κ2) is 30.7. The summed E-state index contributed by atoms with van der Waals surface area (Å²) in [5, 5.41) is 0. The van der Waals surface area contributed by atoms with Crippen LogP contribution < -0.4 is 4.57 Å². The van der Waals surface area contributed by atoms with E-state index in [1.165, 1.54) is 212 Å². The van der Waals surface area contributed by atoms with E-state index in [9.17, 15) is 0 Å². The zero-order valence-corrected chi connectivity index (χ0v) is 28.9. The molecule has 1 heterocycles. The van der Waals surface area contributed by atoms with Crippen LogP contribution in [0.15, 0.2) is 12.4 Å². The minimum absolute atomic E-state index is 1.23. The molecule has 2 heteroatoms. The van der Waals surface area contributed by atoms with Gasteiger partial charge in [0.2, 0.25) is 0 Å². The van der Waals surface area contributed by atoms with Crippen molar-refractivity contribution in [1.82, 2.24) is 4.57 Å². The van der Waals surface area contributed by atoms with Crippen molar-refractivity contribution < 1.29 is 4.57 Å². The van der Waals surface area contributed by atoms with Gasteiger partial charge in [-0.05, 0) is 32.1 Å². The van der Waals surface area contributed by atoms with Crippen LogP contribution in [0.25, 0.3) is 0 Å². The van der Waals surface area contributed by atoms with Crippen LogP contribution >= 0.6 is 0 Å². The van der Waals surface area contributed by atoms with Crippen molar-refractivity contribution in [3.8, 4) is 0 Å². The van der Waals surface area contributed by atoms with Gasteiger partial charge >= 0.3 is 0 Å². The molecule has 0 aliphatic rings. The molecule has 0 spiro atoms. The molecule has 41 heavy (non-hydrogen) atoms. The first-order chi connectivity index (χ1) is 20.3. The van der Waals surface area contributed by atoms with E-state index < -0.39 is 0 Å². The molecule has 2 nitrogen and oxygen atoms in total. The van der Waals surface area contributed by atoms with E-state index in [4.69, 9.17) is 0 Å². The molecule has 0 unspecified atom stereocenters. The molecule has 1 rings (SSSR count). The van der Waals surface area contributed by atoms with Gasteiger partial charge in [0.1, 0.15) is 12.4 Å². The van der Waals surface area contributed by atoms with Gasteiger partial charge in [0.05, 0.1) is 13.1 Å². The van der Waals surface area contributed by atoms with Gasteiger partial charge in [0, 0.05) is 6.42 Å². The number of unbranched alkanes of at least 4 members (excludes halogenated alkanes) is 27. The Morgan fingerprint density at radius 2 is 0.756 bits per heavy atom. The summed E-state index contributed by atoms with van der Waals surface area (Å²) in [6, 6.07) is 0. The molecule has 242 valence electrons. The predicted octanol–water partition coefficient (Wildman–Crippen LogP) is 13.1. The van der Waals surface area contributed by atoms with E-state index >= 15 is 0 Å². The smallest absolute Gasteiger partial charge is 0.234 e. The summed E-state index contributed by atoms with van der Waals surface area (Å²) in [7, 11) is 0. The predicted molar refractivity (Wildman–Crippen MR) is 184 cm³/mol. The van der Waals surface area contributed by atoms with Crippen LogP contribution in [0.2, 0.25) is 0 Å². The van der Waals surface area contributed by atoms with Crippen molar-refractivity contribution in [2.75, 3.05) is 0 Å². The molecule has 0 saturated carbocycles. The lowest BCUT2D eigenvalue weighted by Crippen LogP contribution is -2.37. The molecule has 1 aromatic heterocycles. The van der Waals surface area contributed by atoms with Crippen molar-refractivity contribution in [1.29, 1.82) is 0 Å². The zero-order chi connectivity index (χ0) is 29.5. The number of hydrogen-bond donors (Lipinski definition) is 0. The van der Waals surface area contributed by atoms with Crippen molar-refractivity contribution in [3.05, 3.63) is 18.2 Å². The minimum atomic E-state index is 1.23. The molecule has 0 aliphatic heterocycles. The van der Waals surface area contributed by atoms with E-state index in [2.05, 4.69) is 42.3 Å². The Hall–Kier alpha value is -0.790. The van der Waals surface area contributed by atoms with Gasteiger partial charge in [-0.3, -0.25) is 0 Å². The molecule has 0 fully saturated rings. The highest BCUT2D eigenvalue weighted by Crippen LogP contribution is 2.15. The van der Waals surface area contributed by atoms with Crippen LogP contribution in [0.3, 0.4) is 0 Å². The molecule has 0 aliphatic carbocycles. The number of nitrogens with zero attached hydrogens (tertiary/aromatic N) is 2. The fourth-order valence-corrected chi connectivity index (χ4v) is 6.50. The molecule has 0 atom stereocenters. The van der Waals surface area contributed by atoms with Gasteiger partial charge in [-0.1, -0.05) is 181 Å². The summed E-state index contributed by atoms with van der Waals surface area (Å²) in [6.07, 6.45) is 48.9. The number of aryl methyl sites for hydroxylation is 2. The fraction of sp³-hybridized carbons (Fsp3) is 0.923. The van der Waals surface area contributed by atoms with Crippen molar-refractivity contribution in [3.63, 3.8) is 0 Å². The maximum atomic E-state index is 2.63. The van der Waals surface area contributed by atoms with Crippen molar-refractivity contribution >= 4 is 0 Å². The minimum Gasteiger partial charge on any atom is -0.234 e. The number of imidazole rings is 1. The first kappa shape index (κ1) is 38.2. The molecule has 0 N–H and O–H groups in total. The third kappa shape index (κ3) is 23.4. The van der Waals surface area contributed by atoms with Gasteiger partial charge in [-0.25, -0.2) is 9.13 Å². The van der Waals surface area contributed by atoms with E-state index in [1.807, 2.05) is 0 Å². The quantitative estimate of drug-likeness (QED) is 0.0584. The summed E-state index contributed by atoms with van der Waals surface area (Å²) in [6.45, 7) is 9.40. The second-order valence-corrected chi connectivity index (χ2v) is 13.4. The van der Waals surface area contributed by atoms with Crippen LogP contribution in [0.5, 0.6) is 0 Å². The lowest BCUT2D eigenvalue weighted by atomic mass is 10.0. The average Bonchev–Trinajstić information content (AvgIpc) is 3.37. The zero-order valence-electron chi connectivity index (χ0n) is 28.9. The van der Waals surface area contributed by atoms with Crippen LogP contribution in [-0.4, -0.2) is 4.57 Å². The molecule has 0 bridgehead atoms. The highest BCUT2D eigenvalue weighted by molar-refractivity contribution is 4.84. The van der Waals surface area contributed by atoms with E-state index in [0.717, 1.165) is 0 Å². The maximum absolute atomic E-state index is 2.63. The number of hydrogen-bond acceptors (Lipinski definition) is 0. The van der Waals surface area contributed by atoms with Gasteiger partial charge < -0.3 is 0 Å². The Morgan fingerprint density at radius 1 is 0.415 bits per heavy atom. The van der Waals surface area contributed by atoms with Crippen LogP contribution in [0, 0.1) is 0 Å². The third-order valence-corrected chi connectivity index (χ3v) is 9.35. The molecular formula is C39H77N2+. The normalized spacial score (nSPS) is 11.6. The maximum Gasteiger partial charge on any atom is 0.256 e. The van der Waals surface area contributed by atoms with E-state index in [0.29, 0.717) is 0 Å². The monoisotopic (exact) mass is 574 g/mol. The standard InChI is InChI=1S/C39H77N2/c1-4-7-10-13-16-18-20-21-23-25-27-30-33-36-41-38-37-40(39(41)34-31-28-15-12-9-6-3)35-32-29-26-24-22-19-17-14-11-8-5-2/h37-38H,4-36H2,1-3H3/q+1. The molecule has 1 aromatic rings. The van der Waals surface area contributed by atoms with Gasteiger partial charge in [0.25, 0.3) is 5.82 Å². The molecule has 0 amide bonds. The largest absolute Gasteiger partial charge is 0.256 e. The van der Waals surface area contributed by atoms with Gasteiger partial charge in [-0.15, -0.1) is 0 Å². The first-order valence-electron chi connectivity index (χ1n) is 19.4. The van der Waals surface area contributed by atoms with E-state index in [1.54, 1.807) is 5.82 Å². The van der Waals surface area contributed by atoms with Crippen LogP contribution in [0.1, 0.15) is 219 Å². The van der Waals surface area contributed by atoms with Gasteiger partial charge in [0.15, 0.2) is 0 Å². The second-order valence-electron chi connectivity index (χ2n) is 13.4. The van der Waals surface area contributed by atoms with E-state index in [-0.39, 0.29) is 0 Å². The fourth-order valence-electron chi connectivity index (χ4n) is 6.50. The topological polar surface area (TPSA) is 8.81 Å². The molecule has 0 saturated heterocycles. The summed E-state index contributed by atoms with van der Waals surface area (Å²) >= 11 is 0. The Kier molecular flexibility index (Phi) is 28.6. The lowest BCUT2D eigenvalue weighted by Gasteiger charge is -2.07. The Bertz CT molecular complexity index is 634. The molecule has 0 radical (unpaired) electrons. The van der Waals surface area contributed by atoms with Crippen LogP contribution in [0.4, 0.5) is 0 Å². The highest BCUT2D eigenvalue weighted by Gasteiger charge is 2.16. The summed E-state index contributed by atoms with van der Waals surface area (Å²) < 4.78 is 5.26. The summed E-state index contributed by atoms with van der Waals surface area (Å²) in [4.78, 5) is 0. The van der Waals surface area contributed by atoms with Gasteiger partial charge in [-0.2, -0.15) is 0 Å². The summed E-state index contributed by atoms with van der Waals surface area (Å²) in [5.74, 6) is 1.62. The highest BCUT2D eigenvalue weighted by atomic mass is 15.1. The number of rotatable bonds is 33. The Labute approximate surface area is 259 Å². The SMILES string of the molecule is CCCCCCCCCCCCCCCn1cc[n+](CCCCCCCCCCCCC)c1CCCCCCCC. The number of aromatic nitrogens is 2. The van der Waals surface area contributed by atoms with Crippen molar-refractivity contribution in [2.45, 2.75) is 233 Å². The third-order valence-electron chi connectivity index (χ3n) is 9.35. The van der Waals surface area contributed by atoms with Crippen molar-refractivity contribution in [2.24, 2.45) is 0 Å². The Balaban J connectivity index is 2.25. The lowest BCUT2D eigenvalue weighted by molar-refractivity contribution is -0.704. The first-order valence-corrected chi connectivity index (χ1v) is 19.4. The van der Waals surface area contributed by atoms with Crippen LogP contribution in [-0.2, 0) is 19.5 Å². The Morgan fingerprint density at radius 3 is 1.17 bits per heavy atom. The summed E-state index contributed by atoms with van der Waals surface area (Å²) in [5.41, 5.74) is 0.